The molecule has 1 amide bonds. The lowest BCUT2D eigenvalue weighted by Gasteiger charge is -2.02. The van der Waals surface area contributed by atoms with Crippen molar-refractivity contribution in [2.24, 2.45) is 5.10 Å². The summed E-state index contributed by atoms with van der Waals surface area (Å²) in [5.41, 5.74) is 5.96. The quantitative estimate of drug-likeness (QED) is 0.385. The summed E-state index contributed by atoms with van der Waals surface area (Å²) >= 11 is 1.37. The Morgan fingerprint density at radius 2 is 1.90 bits per heavy atom. The number of thiophene rings is 1. The van der Waals surface area contributed by atoms with Crippen molar-refractivity contribution in [3.8, 4) is 22.7 Å². The molecule has 0 spiro atoms. The lowest BCUT2D eigenvalue weighted by atomic mass is 10.1. The molecule has 0 radical (unpaired) electrons. The van der Waals surface area contributed by atoms with Crippen LogP contribution in [0, 0.1) is 0 Å². The summed E-state index contributed by atoms with van der Waals surface area (Å²) in [6.45, 7) is 0. The minimum Gasteiger partial charge on any atom is -0.497 e. The van der Waals surface area contributed by atoms with Gasteiger partial charge in [-0.3, -0.25) is 4.79 Å². The molecular weight excluding hydrogens is 384 g/mol. The van der Waals surface area contributed by atoms with Crippen molar-refractivity contribution in [1.82, 2.24) is 15.2 Å². The van der Waals surface area contributed by atoms with Crippen molar-refractivity contribution in [1.29, 1.82) is 0 Å². The van der Waals surface area contributed by atoms with Crippen LogP contribution in [0.25, 0.3) is 16.9 Å². The monoisotopic (exact) mass is 402 g/mol. The number of carbonyl (C=O) groups is 1. The molecule has 29 heavy (non-hydrogen) atoms. The number of hydrogen-bond donors (Lipinski definition) is 1. The zero-order valence-corrected chi connectivity index (χ0v) is 16.5. The fourth-order valence-corrected chi connectivity index (χ4v) is 3.40. The van der Waals surface area contributed by atoms with Crippen molar-refractivity contribution in [2.45, 2.75) is 0 Å². The summed E-state index contributed by atoms with van der Waals surface area (Å²) < 4.78 is 7.03. The molecule has 4 aromatic rings. The van der Waals surface area contributed by atoms with Crippen LogP contribution >= 0.6 is 11.3 Å². The van der Waals surface area contributed by atoms with Crippen LogP contribution in [0.4, 0.5) is 0 Å². The van der Waals surface area contributed by atoms with E-state index in [2.05, 4.69) is 10.5 Å². The summed E-state index contributed by atoms with van der Waals surface area (Å²) in [4.78, 5) is 12.7. The number of para-hydroxylation sites is 1. The maximum Gasteiger partial charge on any atom is 0.281 e. The van der Waals surface area contributed by atoms with E-state index in [1.165, 1.54) is 11.3 Å². The smallest absolute Gasteiger partial charge is 0.281 e. The summed E-state index contributed by atoms with van der Waals surface area (Å²) in [7, 11) is 1.63. The molecule has 0 aliphatic heterocycles. The Kier molecular flexibility index (Phi) is 5.49. The van der Waals surface area contributed by atoms with Gasteiger partial charge in [0.25, 0.3) is 5.91 Å². The molecule has 0 saturated heterocycles. The van der Waals surface area contributed by atoms with Gasteiger partial charge in [-0.15, -0.1) is 11.3 Å². The van der Waals surface area contributed by atoms with Crippen LogP contribution in [-0.4, -0.2) is 29.0 Å². The van der Waals surface area contributed by atoms with Crippen molar-refractivity contribution in [3.63, 3.8) is 0 Å². The van der Waals surface area contributed by atoms with E-state index in [-0.39, 0.29) is 5.91 Å². The number of hydrogen-bond acceptors (Lipinski definition) is 5. The van der Waals surface area contributed by atoms with Gasteiger partial charge in [0.2, 0.25) is 0 Å². The summed E-state index contributed by atoms with van der Waals surface area (Å²) in [6, 6.07) is 21.1. The number of aromatic nitrogens is 2. The maximum atomic E-state index is 12.1. The third-order valence-electron chi connectivity index (χ3n) is 4.24. The number of nitrogens with one attached hydrogen (secondary N) is 1. The van der Waals surface area contributed by atoms with Gasteiger partial charge in [0, 0.05) is 17.3 Å². The minimum absolute atomic E-state index is 0.238. The predicted octanol–water partition coefficient (Wildman–Crippen LogP) is 4.37. The van der Waals surface area contributed by atoms with Gasteiger partial charge in [-0.2, -0.15) is 10.2 Å². The second-order valence-corrected chi connectivity index (χ2v) is 7.07. The number of methoxy groups -OCH3 is 1. The van der Waals surface area contributed by atoms with Crippen LogP contribution in [0.3, 0.4) is 0 Å². The molecule has 0 aliphatic rings. The highest BCUT2D eigenvalue weighted by atomic mass is 32.1. The van der Waals surface area contributed by atoms with Crippen LogP contribution in [0.1, 0.15) is 15.2 Å². The number of nitrogens with zero attached hydrogens (tertiary/aromatic N) is 3. The largest absolute Gasteiger partial charge is 0.497 e. The first-order valence-corrected chi connectivity index (χ1v) is 9.79. The van der Waals surface area contributed by atoms with Crippen molar-refractivity contribution >= 4 is 23.5 Å². The van der Waals surface area contributed by atoms with E-state index < -0.39 is 0 Å². The van der Waals surface area contributed by atoms with Crippen molar-refractivity contribution in [2.75, 3.05) is 7.11 Å². The summed E-state index contributed by atoms with van der Waals surface area (Å²) in [5, 5.41) is 10.7. The molecule has 0 atom stereocenters. The molecule has 0 fully saturated rings. The molecule has 0 bridgehead atoms. The molecule has 2 aromatic heterocycles. The van der Waals surface area contributed by atoms with Crippen molar-refractivity contribution < 1.29 is 9.53 Å². The summed E-state index contributed by atoms with van der Waals surface area (Å²) in [6.07, 6.45) is 3.49. The van der Waals surface area contributed by atoms with Gasteiger partial charge in [0.15, 0.2) is 0 Å². The van der Waals surface area contributed by atoms with Gasteiger partial charge in [0.1, 0.15) is 11.4 Å². The van der Waals surface area contributed by atoms with Gasteiger partial charge in [0.05, 0.1) is 23.9 Å². The number of amides is 1. The van der Waals surface area contributed by atoms with Gasteiger partial charge < -0.3 is 4.74 Å². The first-order chi connectivity index (χ1) is 14.2. The number of carbonyl (C=O) groups excluding carboxylic acids is 1. The Bertz CT molecular complexity index is 1120. The van der Waals surface area contributed by atoms with E-state index in [9.17, 15) is 4.79 Å². The Labute approximate surface area is 172 Å². The molecule has 144 valence electrons. The van der Waals surface area contributed by atoms with E-state index >= 15 is 0 Å². The Balaban J connectivity index is 1.65. The third kappa shape index (κ3) is 4.25. The second kappa shape index (κ2) is 8.53. The SMILES string of the molecule is COc1ccc(-c2nn(-c3ccccc3)cc2/C=N\NC(=O)c2cccs2)cc1. The Hall–Kier alpha value is -3.71. The molecule has 6 nitrogen and oxygen atoms in total. The number of benzene rings is 2. The zero-order chi connectivity index (χ0) is 20.1. The molecular formula is C22H18N4O2S. The van der Waals surface area contributed by atoms with Crippen molar-refractivity contribution in [3.05, 3.63) is 88.7 Å². The first kappa shape index (κ1) is 18.6. The van der Waals surface area contributed by atoms with Crippen LogP contribution in [0.15, 0.2) is 83.4 Å². The average Bonchev–Trinajstić information content (AvgIpc) is 3.45. The van der Waals surface area contributed by atoms with Crippen LogP contribution in [0.5, 0.6) is 5.75 Å². The fraction of sp³-hybridized carbons (Fsp3) is 0.0455. The highest BCUT2D eigenvalue weighted by Crippen LogP contribution is 2.25. The lowest BCUT2D eigenvalue weighted by molar-refractivity contribution is 0.0959. The Morgan fingerprint density at radius 3 is 2.59 bits per heavy atom. The van der Waals surface area contributed by atoms with Crippen LogP contribution < -0.4 is 10.2 Å². The molecule has 0 saturated carbocycles. The molecule has 0 aliphatic carbocycles. The number of hydrazone groups is 1. The molecule has 4 rings (SSSR count). The van der Waals surface area contributed by atoms with E-state index in [4.69, 9.17) is 9.84 Å². The second-order valence-electron chi connectivity index (χ2n) is 6.12. The van der Waals surface area contributed by atoms with E-state index in [1.54, 1.807) is 24.1 Å². The minimum atomic E-state index is -0.238. The normalized spacial score (nSPS) is 10.9. The van der Waals surface area contributed by atoms with Gasteiger partial charge in [-0.1, -0.05) is 24.3 Å². The Morgan fingerprint density at radius 1 is 1.10 bits per heavy atom. The van der Waals surface area contributed by atoms with Gasteiger partial charge >= 0.3 is 0 Å². The molecule has 0 unspecified atom stereocenters. The fourth-order valence-electron chi connectivity index (χ4n) is 2.79. The standard InChI is InChI=1S/C22H18N4O2S/c1-28-19-11-9-16(10-12-19)21-17(14-23-24-22(27)20-8-5-13-29-20)15-26(25-21)18-6-3-2-4-7-18/h2-15H,1H3,(H,24,27)/b23-14-. The third-order valence-corrected chi connectivity index (χ3v) is 5.11. The summed E-state index contributed by atoms with van der Waals surface area (Å²) in [5.74, 6) is 0.535. The van der Waals surface area contributed by atoms with E-state index in [0.29, 0.717) is 4.88 Å². The maximum absolute atomic E-state index is 12.1. The topological polar surface area (TPSA) is 68.5 Å². The molecule has 2 heterocycles. The van der Waals surface area contributed by atoms with Crippen LogP contribution in [-0.2, 0) is 0 Å². The highest BCUT2D eigenvalue weighted by Gasteiger charge is 2.12. The average molecular weight is 402 g/mol. The predicted molar refractivity (Wildman–Crippen MR) is 115 cm³/mol. The van der Waals surface area contributed by atoms with E-state index in [1.807, 2.05) is 72.2 Å². The van der Waals surface area contributed by atoms with Crippen LogP contribution in [0.2, 0.25) is 0 Å². The van der Waals surface area contributed by atoms with Gasteiger partial charge in [-0.05, 0) is 47.8 Å². The first-order valence-electron chi connectivity index (χ1n) is 8.91. The number of rotatable bonds is 6. The molecule has 2 aromatic carbocycles. The van der Waals surface area contributed by atoms with Gasteiger partial charge in [-0.25, -0.2) is 10.1 Å². The highest BCUT2D eigenvalue weighted by molar-refractivity contribution is 7.12. The molecule has 1 N–H and O–H groups in total. The molecule has 7 heteroatoms. The zero-order valence-electron chi connectivity index (χ0n) is 15.6. The number of ether oxygens (including phenoxy) is 1. The lowest BCUT2D eigenvalue weighted by Crippen LogP contribution is -2.16. The van der Waals surface area contributed by atoms with E-state index in [0.717, 1.165) is 28.3 Å².